The quantitative estimate of drug-likeness (QED) is 0.844. The summed E-state index contributed by atoms with van der Waals surface area (Å²) >= 11 is 6.14. The van der Waals surface area contributed by atoms with Crippen molar-refractivity contribution >= 4 is 11.6 Å². The van der Waals surface area contributed by atoms with E-state index < -0.39 is 17.7 Å². The lowest BCUT2D eigenvalue weighted by molar-refractivity contribution is 0.506. The molecule has 0 fully saturated rings. The van der Waals surface area contributed by atoms with E-state index in [1.54, 1.807) is 13.0 Å². The first-order valence-electron chi connectivity index (χ1n) is 6.89. The van der Waals surface area contributed by atoms with E-state index in [2.05, 4.69) is 5.32 Å². The molecule has 4 heteroatoms. The summed E-state index contributed by atoms with van der Waals surface area (Å²) in [6.45, 7) is 6.00. The molecule has 0 radical (unpaired) electrons. The molecule has 1 nitrogen and oxygen atoms in total. The average molecular weight is 310 g/mol. The highest BCUT2D eigenvalue weighted by Crippen LogP contribution is 2.30. The number of halogens is 3. The maximum absolute atomic E-state index is 14.4. The molecular weight excluding hydrogens is 292 g/mol. The third kappa shape index (κ3) is 3.25. The Hall–Kier alpha value is -1.45. The van der Waals surface area contributed by atoms with Crippen LogP contribution >= 0.6 is 11.6 Å². The normalized spacial score (nSPS) is 12.5. The van der Waals surface area contributed by atoms with Crippen LogP contribution in [0.15, 0.2) is 30.3 Å². The molecule has 21 heavy (non-hydrogen) atoms. The minimum atomic E-state index is -0.562. The molecule has 1 unspecified atom stereocenters. The first-order chi connectivity index (χ1) is 9.95. The van der Waals surface area contributed by atoms with E-state index in [0.29, 0.717) is 17.1 Å². The molecule has 0 amide bonds. The molecule has 0 spiro atoms. The molecule has 0 saturated carbocycles. The van der Waals surface area contributed by atoms with Crippen molar-refractivity contribution in [2.75, 3.05) is 6.54 Å². The molecule has 0 aliphatic heterocycles. The van der Waals surface area contributed by atoms with Crippen LogP contribution in [-0.4, -0.2) is 6.54 Å². The van der Waals surface area contributed by atoms with Gasteiger partial charge in [-0.3, -0.25) is 0 Å². The van der Waals surface area contributed by atoms with E-state index in [0.717, 1.165) is 11.1 Å². The second-order valence-electron chi connectivity index (χ2n) is 5.09. The van der Waals surface area contributed by atoms with Gasteiger partial charge in [0.25, 0.3) is 0 Å². The molecule has 0 aliphatic carbocycles. The minimum absolute atomic E-state index is 0.0387. The van der Waals surface area contributed by atoms with Gasteiger partial charge in [0.15, 0.2) is 0 Å². The SMILES string of the molecule is CCNC(c1ccc(C)c(Cl)c1)c1c(F)ccc(C)c1F. The zero-order valence-corrected chi connectivity index (χ0v) is 13.1. The van der Waals surface area contributed by atoms with Gasteiger partial charge in [0, 0.05) is 10.6 Å². The summed E-state index contributed by atoms with van der Waals surface area (Å²) in [6, 6.07) is 7.63. The van der Waals surface area contributed by atoms with Gasteiger partial charge < -0.3 is 5.32 Å². The lowest BCUT2D eigenvalue weighted by Crippen LogP contribution is -2.24. The van der Waals surface area contributed by atoms with Crippen molar-refractivity contribution in [3.05, 3.63) is 69.2 Å². The van der Waals surface area contributed by atoms with Crippen LogP contribution < -0.4 is 5.32 Å². The van der Waals surface area contributed by atoms with Gasteiger partial charge >= 0.3 is 0 Å². The van der Waals surface area contributed by atoms with Crippen LogP contribution in [0.5, 0.6) is 0 Å². The number of rotatable bonds is 4. The maximum Gasteiger partial charge on any atom is 0.134 e. The van der Waals surface area contributed by atoms with E-state index in [-0.39, 0.29) is 5.56 Å². The van der Waals surface area contributed by atoms with Crippen LogP contribution in [0, 0.1) is 25.5 Å². The van der Waals surface area contributed by atoms with Crippen LogP contribution in [0.4, 0.5) is 8.78 Å². The molecule has 0 bridgehead atoms. The average Bonchev–Trinajstić information content (AvgIpc) is 2.45. The summed E-state index contributed by atoms with van der Waals surface area (Å²) in [6.07, 6.45) is 0. The van der Waals surface area contributed by atoms with Crippen molar-refractivity contribution in [3.63, 3.8) is 0 Å². The topological polar surface area (TPSA) is 12.0 Å². The largest absolute Gasteiger partial charge is 0.306 e. The number of benzene rings is 2. The van der Waals surface area contributed by atoms with Gasteiger partial charge in [-0.05, 0) is 49.2 Å². The summed E-state index contributed by atoms with van der Waals surface area (Å²) in [5.41, 5.74) is 2.14. The van der Waals surface area contributed by atoms with E-state index in [1.165, 1.54) is 12.1 Å². The Bertz CT molecular complexity index is 655. The monoisotopic (exact) mass is 309 g/mol. The molecule has 2 aromatic carbocycles. The Morgan fingerprint density at radius 3 is 2.38 bits per heavy atom. The highest BCUT2D eigenvalue weighted by Gasteiger charge is 2.23. The Morgan fingerprint density at radius 2 is 1.76 bits per heavy atom. The summed E-state index contributed by atoms with van der Waals surface area (Å²) in [5.74, 6) is -1.07. The van der Waals surface area contributed by atoms with Crippen LogP contribution in [0.1, 0.15) is 35.2 Å². The van der Waals surface area contributed by atoms with Gasteiger partial charge in [-0.2, -0.15) is 0 Å². The van der Waals surface area contributed by atoms with Crippen molar-refractivity contribution in [1.29, 1.82) is 0 Å². The zero-order valence-electron chi connectivity index (χ0n) is 12.3. The fourth-order valence-electron chi connectivity index (χ4n) is 2.32. The van der Waals surface area contributed by atoms with Gasteiger partial charge in [-0.1, -0.05) is 36.7 Å². The Labute approximate surface area is 128 Å². The van der Waals surface area contributed by atoms with Gasteiger partial charge in [0.2, 0.25) is 0 Å². The standard InChI is InChI=1S/C17H18ClF2N/c1-4-21-17(12-7-5-10(2)13(18)9-12)15-14(19)8-6-11(3)16(15)20/h5-9,17,21H,4H2,1-3H3. The molecule has 2 aromatic rings. The highest BCUT2D eigenvalue weighted by atomic mass is 35.5. The third-order valence-corrected chi connectivity index (χ3v) is 3.95. The van der Waals surface area contributed by atoms with Crippen molar-refractivity contribution in [2.24, 2.45) is 0 Å². The van der Waals surface area contributed by atoms with Crippen LogP contribution in [0.25, 0.3) is 0 Å². The molecule has 0 aromatic heterocycles. The van der Waals surface area contributed by atoms with E-state index >= 15 is 0 Å². The van der Waals surface area contributed by atoms with E-state index in [9.17, 15) is 8.78 Å². The van der Waals surface area contributed by atoms with Gasteiger partial charge in [0.05, 0.1) is 6.04 Å². The Balaban J connectivity index is 2.58. The first-order valence-corrected chi connectivity index (χ1v) is 7.27. The van der Waals surface area contributed by atoms with Crippen LogP contribution in [0.3, 0.4) is 0 Å². The number of nitrogens with one attached hydrogen (secondary N) is 1. The molecule has 112 valence electrons. The molecule has 2 rings (SSSR count). The molecular formula is C17H18ClF2N. The highest BCUT2D eigenvalue weighted by molar-refractivity contribution is 6.31. The summed E-state index contributed by atoms with van der Waals surface area (Å²) in [7, 11) is 0. The van der Waals surface area contributed by atoms with Crippen molar-refractivity contribution < 1.29 is 8.78 Å². The predicted molar refractivity (Wildman–Crippen MR) is 82.8 cm³/mol. The van der Waals surface area contributed by atoms with Gasteiger partial charge in [-0.25, -0.2) is 8.78 Å². The predicted octanol–water partition coefficient (Wildman–Crippen LogP) is 4.93. The lowest BCUT2D eigenvalue weighted by Gasteiger charge is -2.21. The summed E-state index contributed by atoms with van der Waals surface area (Å²) < 4.78 is 28.5. The Morgan fingerprint density at radius 1 is 1.10 bits per heavy atom. The van der Waals surface area contributed by atoms with Gasteiger partial charge in [-0.15, -0.1) is 0 Å². The third-order valence-electron chi connectivity index (χ3n) is 3.55. The molecule has 0 saturated heterocycles. The van der Waals surface area contributed by atoms with Gasteiger partial charge in [0.1, 0.15) is 11.6 Å². The minimum Gasteiger partial charge on any atom is -0.306 e. The number of hydrogen-bond acceptors (Lipinski definition) is 1. The van der Waals surface area contributed by atoms with Crippen LogP contribution in [-0.2, 0) is 0 Å². The van der Waals surface area contributed by atoms with Crippen molar-refractivity contribution in [3.8, 4) is 0 Å². The smallest absolute Gasteiger partial charge is 0.134 e. The van der Waals surface area contributed by atoms with Crippen LogP contribution in [0.2, 0.25) is 5.02 Å². The summed E-state index contributed by atoms with van der Waals surface area (Å²) in [4.78, 5) is 0. The molecule has 0 aliphatic rings. The number of aryl methyl sites for hydroxylation is 2. The van der Waals surface area contributed by atoms with Crippen molar-refractivity contribution in [2.45, 2.75) is 26.8 Å². The summed E-state index contributed by atoms with van der Waals surface area (Å²) in [5, 5.41) is 3.72. The molecule has 1 atom stereocenters. The zero-order chi connectivity index (χ0) is 15.6. The maximum atomic E-state index is 14.4. The Kier molecular flexibility index (Phi) is 4.96. The van der Waals surface area contributed by atoms with Crippen molar-refractivity contribution in [1.82, 2.24) is 5.32 Å². The molecule has 0 heterocycles. The second kappa shape index (κ2) is 6.54. The lowest BCUT2D eigenvalue weighted by atomic mass is 9.95. The number of hydrogen-bond donors (Lipinski definition) is 1. The second-order valence-corrected chi connectivity index (χ2v) is 5.50. The van der Waals surface area contributed by atoms with E-state index in [1.807, 2.05) is 26.0 Å². The molecule has 1 N–H and O–H groups in total. The van der Waals surface area contributed by atoms with E-state index in [4.69, 9.17) is 11.6 Å². The fourth-order valence-corrected chi connectivity index (χ4v) is 2.51. The fraction of sp³-hybridized carbons (Fsp3) is 0.294. The first kappa shape index (κ1) is 15.9.